The summed E-state index contributed by atoms with van der Waals surface area (Å²) in [6.07, 6.45) is 4.80. The minimum absolute atomic E-state index is 0.153. The van der Waals surface area contributed by atoms with Gasteiger partial charge in [-0.15, -0.1) is 0 Å². The largest absolute Gasteiger partial charge is 0.463 e. The van der Waals surface area contributed by atoms with Crippen LogP contribution in [0.3, 0.4) is 0 Å². The van der Waals surface area contributed by atoms with E-state index >= 15 is 0 Å². The fraction of sp³-hybridized carbons (Fsp3) is 0.250. The molecule has 1 aromatic carbocycles. The van der Waals surface area contributed by atoms with Crippen LogP contribution < -0.4 is 11.1 Å². The molecule has 0 fully saturated rings. The number of rotatable bonds is 5. The van der Waals surface area contributed by atoms with Gasteiger partial charge in [0, 0.05) is 5.69 Å². The Morgan fingerprint density at radius 1 is 1.26 bits per heavy atom. The first kappa shape index (κ1) is 14.8. The Kier molecular flexibility index (Phi) is 4.34. The topological polar surface area (TPSA) is 109 Å². The zero-order valence-corrected chi connectivity index (χ0v) is 12.4. The Morgan fingerprint density at radius 3 is 2.61 bits per heavy atom. The number of aryl methyl sites for hydroxylation is 1. The van der Waals surface area contributed by atoms with Gasteiger partial charge < -0.3 is 15.8 Å². The van der Waals surface area contributed by atoms with Gasteiger partial charge in [0.1, 0.15) is 12.7 Å². The monoisotopic (exact) mass is 308 g/mol. The van der Waals surface area contributed by atoms with Gasteiger partial charge in [0.25, 0.3) is 6.02 Å². The molecule has 2 aromatic rings. The number of aromatic nitrogens is 2. The van der Waals surface area contributed by atoms with Gasteiger partial charge in [-0.2, -0.15) is 5.26 Å². The first-order chi connectivity index (χ1) is 11.2. The van der Waals surface area contributed by atoms with Crippen LogP contribution in [0.1, 0.15) is 17.5 Å². The minimum atomic E-state index is 0.153. The Bertz CT molecular complexity index is 733. The standard InChI is InChI=1S/C16H16N6O/c17-7-12-8-19-16(20-9-12)22-13-4-1-11(2-5-13)3-6-14-10-23-15(18)21-14/h1-2,4-5,8-9,14H,3,6,10H2,(H2,18,21)(H,19,20,22). The maximum Gasteiger partial charge on any atom is 0.282 e. The van der Waals surface area contributed by atoms with E-state index in [1.54, 1.807) is 0 Å². The van der Waals surface area contributed by atoms with Gasteiger partial charge in [-0.1, -0.05) is 12.1 Å². The highest BCUT2D eigenvalue weighted by Crippen LogP contribution is 2.16. The van der Waals surface area contributed by atoms with E-state index in [2.05, 4.69) is 32.4 Å². The number of amidine groups is 1. The molecule has 23 heavy (non-hydrogen) atoms. The number of benzene rings is 1. The van der Waals surface area contributed by atoms with Crippen LogP contribution in [0, 0.1) is 11.3 Å². The molecule has 0 amide bonds. The van der Waals surface area contributed by atoms with Crippen LogP contribution in [-0.2, 0) is 11.2 Å². The lowest BCUT2D eigenvalue weighted by Gasteiger charge is -2.07. The zero-order chi connectivity index (χ0) is 16.1. The summed E-state index contributed by atoms with van der Waals surface area (Å²) in [5.74, 6) is 0.463. The van der Waals surface area contributed by atoms with Crippen molar-refractivity contribution in [3.05, 3.63) is 47.8 Å². The number of nitriles is 1. The molecule has 1 aliphatic heterocycles. The predicted molar refractivity (Wildman–Crippen MR) is 86.2 cm³/mol. The first-order valence-corrected chi connectivity index (χ1v) is 7.27. The van der Waals surface area contributed by atoms with E-state index in [-0.39, 0.29) is 12.1 Å². The molecule has 1 atom stereocenters. The van der Waals surface area contributed by atoms with Crippen molar-refractivity contribution in [2.75, 3.05) is 11.9 Å². The summed E-state index contributed by atoms with van der Waals surface area (Å²) in [6.45, 7) is 0.571. The van der Waals surface area contributed by atoms with Gasteiger partial charge in [0.2, 0.25) is 5.95 Å². The lowest BCUT2D eigenvalue weighted by molar-refractivity contribution is 0.308. The smallest absolute Gasteiger partial charge is 0.282 e. The van der Waals surface area contributed by atoms with Crippen molar-refractivity contribution in [3.8, 4) is 6.07 Å². The summed E-state index contributed by atoms with van der Waals surface area (Å²) < 4.78 is 5.14. The summed E-state index contributed by atoms with van der Waals surface area (Å²) in [5, 5.41) is 11.8. The number of aliphatic imine (C=N–C) groups is 1. The molecule has 0 saturated carbocycles. The lowest BCUT2D eigenvalue weighted by Crippen LogP contribution is -2.10. The number of nitrogens with two attached hydrogens (primary N) is 1. The summed E-state index contributed by atoms with van der Waals surface area (Å²) in [4.78, 5) is 12.4. The molecule has 2 heterocycles. The molecule has 1 aromatic heterocycles. The third kappa shape index (κ3) is 3.95. The molecule has 3 rings (SSSR count). The Labute approximate surface area is 133 Å². The normalized spacial score (nSPS) is 16.3. The summed E-state index contributed by atoms with van der Waals surface area (Å²) >= 11 is 0. The van der Waals surface area contributed by atoms with Gasteiger partial charge in [0.15, 0.2) is 0 Å². The van der Waals surface area contributed by atoms with E-state index < -0.39 is 0 Å². The number of hydrogen-bond acceptors (Lipinski definition) is 7. The second kappa shape index (κ2) is 6.75. The Balaban J connectivity index is 1.55. The van der Waals surface area contributed by atoms with Crippen molar-refractivity contribution < 1.29 is 4.74 Å². The van der Waals surface area contributed by atoms with Crippen LogP contribution in [0.4, 0.5) is 11.6 Å². The molecule has 0 aliphatic carbocycles. The van der Waals surface area contributed by atoms with Gasteiger partial charge in [-0.05, 0) is 30.5 Å². The van der Waals surface area contributed by atoms with Crippen LogP contribution in [0.5, 0.6) is 0 Å². The van der Waals surface area contributed by atoms with Gasteiger partial charge >= 0.3 is 0 Å². The molecule has 1 aliphatic rings. The zero-order valence-electron chi connectivity index (χ0n) is 12.4. The van der Waals surface area contributed by atoms with Crippen LogP contribution in [0.2, 0.25) is 0 Å². The highest BCUT2D eigenvalue weighted by molar-refractivity contribution is 5.73. The lowest BCUT2D eigenvalue weighted by atomic mass is 10.1. The second-order valence-corrected chi connectivity index (χ2v) is 5.20. The number of nitrogens with one attached hydrogen (secondary N) is 1. The second-order valence-electron chi connectivity index (χ2n) is 5.20. The SMILES string of the molecule is N#Cc1cnc(Nc2ccc(CCC3COC(N)=N3)cc2)nc1. The highest BCUT2D eigenvalue weighted by Gasteiger charge is 2.16. The van der Waals surface area contributed by atoms with Gasteiger partial charge in [0.05, 0.1) is 24.0 Å². The molecule has 1 unspecified atom stereocenters. The van der Waals surface area contributed by atoms with Gasteiger partial charge in [-0.3, -0.25) is 0 Å². The van der Waals surface area contributed by atoms with Crippen molar-refractivity contribution in [2.24, 2.45) is 10.7 Å². The van der Waals surface area contributed by atoms with E-state index in [0.717, 1.165) is 18.5 Å². The van der Waals surface area contributed by atoms with E-state index in [1.807, 2.05) is 18.2 Å². The average molecular weight is 308 g/mol. The Morgan fingerprint density at radius 2 is 2.00 bits per heavy atom. The molecular weight excluding hydrogens is 292 g/mol. The number of ether oxygens (including phenoxy) is 1. The van der Waals surface area contributed by atoms with Gasteiger partial charge in [-0.25, -0.2) is 15.0 Å². The summed E-state index contributed by atoms with van der Waals surface area (Å²) in [5.41, 5.74) is 8.04. The maximum atomic E-state index is 8.72. The fourth-order valence-corrected chi connectivity index (χ4v) is 2.25. The molecular formula is C16H16N6O. The van der Waals surface area contributed by atoms with E-state index in [9.17, 15) is 0 Å². The maximum absolute atomic E-state index is 8.72. The summed E-state index contributed by atoms with van der Waals surface area (Å²) in [6, 6.07) is 10.5. The number of hydrogen-bond donors (Lipinski definition) is 2. The molecule has 3 N–H and O–H groups in total. The van der Waals surface area contributed by atoms with Crippen LogP contribution in [-0.4, -0.2) is 28.6 Å². The highest BCUT2D eigenvalue weighted by atomic mass is 16.5. The summed E-state index contributed by atoms with van der Waals surface area (Å²) in [7, 11) is 0. The molecule has 0 bridgehead atoms. The molecule has 7 heteroatoms. The van der Waals surface area contributed by atoms with Crippen molar-refractivity contribution in [1.29, 1.82) is 5.26 Å². The van der Waals surface area contributed by atoms with E-state index in [0.29, 0.717) is 18.1 Å². The molecule has 7 nitrogen and oxygen atoms in total. The average Bonchev–Trinajstić information content (AvgIpc) is 3.00. The minimum Gasteiger partial charge on any atom is -0.463 e. The molecule has 0 saturated heterocycles. The Hall–Kier alpha value is -3.14. The third-order valence-corrected chi connectivity index (χ3v) is 3.49. The number of anilines is 2. The molecule has 0 spiro atoms. The van der Waals surface area contributed by atoms with Crippen molar-refractivity contribution >= 4 is 17.7 Å². The van der Waals surface area contributed by atoms with E-state index in [4.69, 9.17) is 15.7 Å². The van der Waals surface area contributed by atoms with Crippen molar-refractivity contribution in [1.82, 2.24) is 9.97 Å². The van der Waals surface area contributed by atoms with Crippen molar-refractivity contribution in [2.45, 2.75) is 18.9 Å². The fourth-order valence-electron chi connectivity index (χ4n) is 2.25. The quantitative estimate of drug-likeness (QED) is 0.870. The van der Waals surface area contributed by atoms with Crippen LogP contribution in [0.25, 0.3) is 0 Å². The van der Waals surface area contributed by atoms with E-state index in [1.165, 1.54) is 18.0 Å². The predicted octanol–water partition coefficient (Wildman–Crippen LogP) is 1.74. The molecule has 116 valence electrons. The van der Waals surface area contributed by atoms with Crippen LogP contribution in [0.15, 0.2) is 41.7 Å². The van der Waals surface area contributed by atoms with Crippen molar-refractivity contribution in [3.63, 3.8) is 0 Å². The number of nitrogens with zero attached hydrogens (tertiary/aromatic N) is 4. The molecule has 0 radical (unpaired) electrons. The third-order valence-electron chi connectivity index (χ3n) is 3.49. The first-order valence-electron chi connectivity index (χ1n) is 7.27. The van der Waals surface area contributed by atoms with Crippen LogP contribution >= 0.6 is 0 Å².